The third-order valence-corrected chi connectivity index (χ3v) is 8.15. The van der Waals surface area contributed by atoms with Crippen LogP contribution < -0.4 is 55.7 Å². The molecule has 0 saturated heterocycles. The predicted octanol–water partition coefficient (Wildman–Crippen LogP) is 6.43. The van der Waals surface area contributed by atoms with Crippen LogP contribution in [0.5, 0.6) is 0 Å². The average molecular weight is 921 g/mol. The van der Waals surface area contributed by atoms with Crippen molar-refractivity contribution in [2.24, 2.45) is 55.3 Å². The number of rotatable bonds is 20. The van der Waals surface area contributed by atoms with E-state index in [1.165, 1.54) is 0 Å². The first-order valence-electron chi connectivity index (χ1n) is 20.8. The summed E-state index contributed by atoms with van der Waals surface area (Å²) < 4.78 is 0. The molecule has 2 aromatic carbocycles. The first kappa shape index (κ1) is 61.8. The minimum Gasteiger partial charge on any atom is -0.370 e. The minimum absolute atomic E-state index is 0.100. The third kappa shape index (κ3) is 35.8. The van der Waals surface area contributed by atoms with E-state index in [1.807, 2.05) is 59.8 Å². The molecule has 0 heterocycles. The van der Waals surface area contributed by atoms with Crippen LogP contribution in [0.15, 0.2) is 63.2 Å². The van der Waals surface area contributed by atoms with Crippen LogP contribution in [-0.2, 0) is 19.2 Å². The van der Waals surface area contributed by atoms with Crippen molar-refractivity contribution in [1.29, 1.82) is 0 Å². The van der Waals surface area contributed by atoms with Gasteiger partial charge in [0.15, 0.2) is 11.9 Å². The molecule has 0 aliphatic carbocycles. The van der Waals surface area contributed by atoms with E-state index < -0.39 is 0 Å². The minimum atomic E-state index is -0.384. The quantitative estimate of drug-likeness (QED) is 0.0300. The summed E-state index contributed by atoms with van der Waals surface area (Å²) in [5, 5.41) is 11.9. The average Bonchev–Trinajstić information content (AvgIpc) is 3.23. The van der Waals surface area contributed by atoms with Crippen LogP contribution in [0, 0.1) is 12.8 Å². The van der Waals surface area contributed by atoms with E-state index in [0.29, 0.717) is 59.3 Å². The normalized spacial score (nSPS) is 10.8. The van der Waals surface area contributed by atoms with Crippen molar-refractivity contribution in [2.75, 3.05) is 49.2 Å². The lowest BCUT2D eigenvalue weighted by atomic mass is 10.1. The Hall–Kier alpha value is -5.49. The fraction of sp³-hybridized carbons (Fsp3) is 0.477. The molecular formula is C44H75Cl2N13O4. The fourth-order valence-electron chi connectivity index (χ4n) is 4.59. The lowest BCUT2D eigenvalue weighted by Gasteiger charge is -2.16. The standard InChI is InChI=1S/C22H31ClN4O2.C8H8ClNO.C6H14N2O.2C4H11N3/c1-5-9-18-19(26-21(28)10-7-8-11-24)13-17(23)14-20(18)27-22(29)15(3)12-16(4)25-6-2;1-6-2-3-7(9)4-8(6)10-5-11;1-8-6(9)4-2-3-5-7;2*1-2-3-7-4(5)6/h5-6,9,12-15H,7-8,10-11,24H2,1-4H3,(H,26,28)(H,27,29);2-5H,1H3,(H,10,11);2-5,7H2,1H3,(H,8,9);2*2-3H2,1H3,(H4,5,6,7)/b9-5+,16-12-,25-6?;;;;. The van der Waals surface area contributed by atoms with Gasteiger partial charge < -0.3 is 55.7 Å². The largest absolute Gasteiger partial charge is 0.370 e. The van der Waals surface area contributed by atoms with Crippen LogP contribution in [-0.4, -0.2) is 75.5 Å². The van der Waals surface area contributed by atoms with Crippen molar-refractivity contribution in [2.45, 2.75) is 99.8 Å². The zero-order valence-corrected chi connectivity index (χ0v) is 40.0. The molecule has 0 radical (unpaired) electrons. The molecule has 2 aromatic rings. The van der Waals surface area contributed by atoms with Gasteiger partial charge in [-0.1, -0.05) is 68.3 Å². The SMILES string of the molecule is CC=N/C(C)=C\C(C)C(=O)Nc1cc(Cl)cc(NC(=O)CCCCN)c1/C=C/C.CCCN=C(N)N.CCCN=C(N)N.CNC(=O)CCCCN.Cc1ccc(Cl)cc1NC=O. The number of unbranched alkanes of at least 4 members (excludes halogenated alkanes) is 2. The van der Waals surface area contributed by atoms with E-state index in [-0.39, 0.29) is 35.6 Å². The number of halogens is 2. The molecule has 0 saturated carbocycles. The second-order valence-electron chi connectivity index (χ2n) is 13.4. The molecule has 4 amide bonds. The van der Waals surface area contributed by atoms with Crippen LogP contribution >= 0.6 is 23.2 Å². The van der Waals surface area contributed by atoms with Crippen molar-refractivity contribution in [3.8, 4) is 0 Å². The summed E-state index contributed by atoms with van der Waals surface area (Å²) in [5.74, 6) is -0.227. The summed E-state index contributed by atoms with van der Waals surface area (Å²) in [6.07, 6.45) is 14.1. The Bertz CT molecular complexity index is 1740. The molecule has 1 unspecified atom stereocenters. The van der Waals surface area contributed by atoms with E-state index in [9.17, 15) is 19.2 Å². The Morgan fingerprint density at radius 1 is 0.778 bits per heavy atom. The number of guanidine groups is 2. The second kappa shape index (κ2) is 40.6. The molecule has 0 bridgehead atoms. The molecule has 19 heteroatoms. The number of hydrogen-bond donors (Lipinski definition) is 10. The number of carbonyl (C=O) groups is 4. The number of nitrogens with one attached hydrogen (secondary N) is 4. The molecule has 0 aliphatic heterocycles. The molecule has 17 nitrogen and oxygen atoms in total. The van der Waals surface area contributed by atoms with E-state index in [0.717, 1.165) is 68.6 Å². The highest BCUT2D eigenvalue weighted by atomic mass is 35.5. The topological polar surface area (TPSA) is 310 Å². The van der Waals surface area contributed by atoms with E-state index in [2.05, 4.69) is 36.2 Å². The maximum atomic E-state index is 12.7. The maximum absolute atomic E-state index is 12.7. The Balaban J connectivity index is -0.000000856. The summed E-state index contributed by atoms with van der Waals surface area (Å²) in [6, 6.07) is 8.70. The van der Waals surface area contributed by atoms with Crippen LogP contribution in [0.4, 0.5) is 17.1 Å². The molecule has 63 heavy (non-hydrogen) atoms. The number of nitrogens with zero attached hydrogens (tertiary/aromatic N) is 3. The Morgan fingerprint density at radius 2 is 1.29 bits per heavy atom. The number of hydrogen-bond acceptors (Lipinski definition) is 9. The molecule has 1 atom stereocenters. The predicted molar refractivity (Wildman–Crippen MR) is 268 cm³/mol. The monoisotopic (exact) mass is 920 g/mol. The fourth-order valence-corrected chi connectivity index (χ4v) is 4.98. The molecule has 2 rings (SSSR count). The number of allylic oxidation sites excluding steroid dienone is 2. The first-order valence-corrected chi connectivity index (χ1v) is 21.6. The second-order valence-corrected chi connectivity index (χ2v) is 14.3. The highest BCUT2D eigenvalue weighted by Gasteiger charge is 2.16. The number of benzene rings is 2. The van der Waals surface area contributed by atoms with Crippen LogP contribution in [0.1, 0.15) is 104 Å². The smallest absolute Gasteiger partial charge is 0.231 e. The first-order chi connectivity index (χ1) is 29.9. The van der Waals surface area contributed by atoms with E-state index >= 15 is 0 Å². The van der Waals surface area contributed by atoms with Gasteiger partial charge in [-0.25, -0.2) is 0 Å². The van der Waals surface area contributed by atoms with Gasteiger partial charge in [-0.3, -0.25) is 34.2 Å². The Morgan fingerprint density at radius 3 is 1.71 bits per heavy atom. The summed E-state index contributed by atoms with van der Waals surface area (Å²) in [4.78, 5) is 57.1. The summed E-state index contributed by atoms with van der Waals surface area (Å²) in [6.45, 7) is 16.0. The van der Waals surface area contributed by atoms with E-state index in [1.54, 1.807) is 50.5 Å². The van der Waals surface area contributed by atoms with Gasteiger partial charge in [0, 0.05) is 66.2 Å². The number of nitrogens with two attached hydrogens (primary N) is 6. The summed E-state index contributed by atoms with van der Waals surface area (Å²) in [7, 11) is 1.64. The number of aryl methyl sites for hydroxylation is 1. The van der Waals surface area contributed by atoms with Gasteiger partial charge in [0.25, 0.3) is 0 Å². The highest BCUT2D eigenvalue weighted by molar-refractivity contribution is 6.31. The molecule has 354 valence electrons. The number of carbonyl (C=O) groups excluding carboxylic acids is 4. The van der Waals surface area contributed by atoms with Crippen molar-refractivity contribution in [3.63, 3.8) is 0 Å². The molecule has 0 aliphatic rings. The zero-order valence-electron chi connectivity index (χ0n) is 38.5. The Labute approximate surface area is 385 Å². The van der Waals surface area contributed by atoms with Crippen molar-refractivity contribution in [3.05, 3.63) is 69.4 Å². The number of anilines is 3. The van der Waals surface area contributed by atoms with Gasteiger partial charge in [-0.15, -0.1) is 0 Å². The molecule has 0 spiro atoms. The molecule has 0 aromatic heterocycles. The van der Waals surface area contributed by atoms with Crippen LogP contribution in [0.25, 0.3) is 6.08 Å². The zero-order chi connectivity index (χ0) is 48.6. The lowest BCUT2D eigenvalue weighted by Crippen LogP contribution is -2.22. The van der Waals surface area contributed by atoms with Gasteiger partial charge >= 0.3 is 0 Å². The summed E-state index contributed by atoms with van der Waals surface area (Å²) in [5.41, 5.74) is 35.0. The van der Waals surface area contributed by atoms with Gasteiger partial charge in [0.1, 0.15) is 0 Å². The highest BCUT2D eigenvalue weighted by Crippen LogP contribution is 2.31. The van der Waals surface area contributed by atoms with Crippen LogP contribution in [0.3, 0.4) is 0 Å². The van der Waals surface area contributed by atoms with Crippen molar-refractivity contribution >= 4 is 88.6 Å². The summed E-state index contributed by atoms with van der Waals surface area (Å²) >= 11 is 11.9. The van der Waals surface area contributed by atoms with E-state index in [4.69, 9.17) is 57.6 Å². The molecular weight excluding hydrogens is 845 g/mol. The molecule has 16 N–H and O–H groups in total. The molecule has 0 fully saturated rings. The Kier molecular flexibility index (Phi) is 39.8. The van der Waals surface area contributed by atoms with Crippen molar-refractivity contribution in [1.82, 2.24) is 5.32 Å². The van der Waals surface area contributed by atoms with Crippen molar-refractivity contribution < 1.29 is 19.2 Å². The van der Waals surface area contributed by atoms with Gasteiger partial charge in [-0.05, 0) is 109 Å². The van der Waals surface area contributed by atoms with Gasteiger partial charge in [0.2, 0.25) is 24.1 Å². The maximum Gasteiger partial charge on any atom is 0.231 e. The number of amides is 4. The van der Waals surface area contributed by atoms with Gasteiger partial charge in [0.05, 0.1) is 17.3 Å². The third-order valence-electron chi connectivity index (χ3n) is 7.69. The lowest BCUT2D eigenvalue weighted by molar-refractivity contribution is -0.121. The number of aliphatic imine (C=N–C) groups is 3. The van der Waals surface area contributed by atoms with Crippen LogP contribution in [0.2, 0.25) is 10.0 Å². The van der Waals surface area contributed by atoms with Gasteiger partial charge in [-0.2, -0.15) is 0 Å².